The van der Waals surface area contributed by atoms with Crippen molar-refractivity contribution in [3.8, 4) is 5.75 Å². The SMILES string of the molecule is CCOC(Oc1ccc2cc(C(C)CC)ccc2c1)C(C)(C)C. The topological polar surface area (TPSA) is 18.5 Å². The maximum absolute atomic E-state index is 6.10. The van der Waals surface area contributed by atoms with Gasteiger partial charge in [0.1, 0.15) is 5.75 Å². The number of ether oxygens (including phenoxy) is 2. The molecule has 0 fully saturated rings. The summed E-state index contributed by atoms with van der Waals surface area (Å²) >= 11 is 0. The zero-order valence-electron chi connectivity index (χ0n) is 15.3. The molecule has 0 spiro atoms. The molecule has 0 aliphatic rings. The Morgan fingerprint density at radius 2 is 1.61 bits per heavy atom. The van der Waals surface area contributed by atoms with Crippen molar-refractivity contribution in [3.05, 3.63) is 42.0 Å². The van der Waals surface area contributed by atoms with E-state index in [0.717, 1.165) is 12.2 Å². The lowest BCUT2D eigenvalue weighted by molar-refractivity contribution is -0.137. The van der Waals surface area contributed by atoms with E-state index in [9.17, 15) is 0 Å². The van der Waals surface area contributed by atoms with Crippen molar-refractivity contribution < 1.29 is 9.47 Å². The molecule has 0 radical (unpaired) electrons. The highest BCUT2D eigenvalue weighted by Crippen LogP contribution is 2.29. The zero-order chi connectivity index (χ0) is 17.0. The van der Waals surface area contributed by atoms with Crippen LogP contribution in [0.1, 0.15) is 59.4 Å². The summed E-state index contributed by atoms with van der Waals surface area (Å²) in [4.78, 5) is 0. The highest BCUT2D eigenvalue weighted by molar-refractivity contribution is 5.84. The standard InChI is InChI=1S/C21H30O2/c1-7-15(3)16-9-10-18-14-19(12-11-17(18)13-16)23-20(22-8-2)21(4,5)6/h9-15,20H,7-8H2,1-6H3. The summed E-state index contributed by atoms with van der Waals surface area (Å²) < 4.78 is 11.9. The molecule has 0 bridgehead atoms. The minimum Gasteiger partial charge on any atom is -0.464 e. The van der Waals surface area contributed by atoms with Crippen LogP contribution in [0.3, 0.4) is 0 Å². The number of rotatable bonds is 6. The molecule has 0 saturated carbocycles. The van der Waals surface area contributed by atoms with Crippen molar-refractivity contribution in [2.75, 3.05) is 6.61 Å². The van der Waals surface area contributed by atoms with Crippen LogP contribution in [-0.2, 0) is 4.74 Å². The van der Waals surface area contributed by atoms with Gasteiger partial charge in [-0.2, -0.15) is 0 Å². The fourth-order valence-corrected chi connectivity index (χ4v) is 2.59. The summed E-state index contributed by atoms with van der Waals surface area (Å²) in [6.45, 7) is 13.5. The molecule has 0 aromatic heterocycles. The van der Waals surface area contributed by atoms with Gasteiger partial charge in [-0.1, -0.05) is 58.9 Å². The lowest BCUT2D eigenvalue weighted by Gasteiger charge is -2.30. The number of benzene rings is 2. The second-order valence-electron chi connectivity index (χ2n) is 7.35. The first kappa shape index (κ1) is 17.8. The molecule has 126 valence electrons. The molecule has 2 aromatic carbocycles. The Morgan fingerprint density at radius 3 is 2.22 bits per heavy atom. The largest absolute Gasteiger partial charge is 0.464 e. The zero-order valence-corrected chi connectivity index (χ0v) is 15.3. The first-order valence-electron chi connectivity index (χ1n) is 8.67. The van der Waals surface area contributed by atoms with Gasteiger partial charge in [-0.3, -0.25) is 0 Å². The van der Waals surface area contributed by atoms with Crippen molar-refractivity contribution in [2.24, 2.45) is 5.41 Å². The van der Waals surface area contributed by atoms with Crippen molar-refractivity contribution in [1.29, 1.82) is 0 Å². The Kier molecular flexibility index (Phi) is 5.69. The van der Waals surface area contributed by atoms with E-state index in [-0.39, 0.29) is 11.7 Å². The van der Waals surface area contributed by atoms with E-state index < -0.39 is 0 Å². The normalized spacial score (nSPS) is 14.7. The van der Waals surface area contributed by atoms with Crippen LogP contribution in [-0.4, -0.2) is 12.9 Å². The number of fused-ring (bicyclic) bond motifs is 1. The molecule has 2 unspecified atom stereocenters. The molecular weight excluding hydrogens is 284 g/mol. The lowest BCUT2D eigenvalue weighted by Crippen LogP contribution is -2.34. The highest BCUT2D eigenvalue weighted by atomic mass is 16.7. The predicted octanol–water partition coefficient (Wildman–Crippen LogP) is 6.14. The van der Waals surface area contributed by atoms with Crippen LogP contribution in [0.2, 0.25) is 0 Å². The molecule has 2 nitrogen and oxygen atoms in total. The average Bonchev–Trinajstić information content (AvgIpc) is 2.52. The van der Waals surface area contributed by atoms with Crippen LogP contribution < -0.4 is 4.74 Å². The molecule has 0 amide bonds. The van der Waals surface area contributed by atoms with E-state index in [0.29, 0.717) is 12.5 Å². The smallest absolute Gasteiger partial charge is 0.204 e. The maximum Gasteiger partial charge on any atom is 0.204 e. The third kappa shape index (κ3) is 4.48. The van der Waals surface area contributed by atoms with Gasteiger partial charge in [0, 0.05) is 12.0 Å². The molecule has 2 aromatic rings. The molecular formula is C21H30O2. The minimum atomic E-state index is -0.246. The van der Waals surface area contributed by atoms with E-state index in [1.807, 2.05) is 13.0 Å². The van der Waals surface area contributed by atoms with Gasteiger partial charge in [0.05, 0.1) is 0 Å². The van der Waals surface area contributed by atoms with E-state index >= 15 is 0 Å². The fourth-order valence-electron chi connectivity index (χ4n) is 2.59. The predicted molar refractivity (Wildman–Crippen MR) is 98.2 cm³/mol. The molecule has 0 heterocycles. The summed E-state index contributed by atoms with van der Waals surface area (Å²) in [6, 6.07) is 13.0. The molecule has 23 heavy (non-hydrogen) atoms. The summed E-state index contributed by atoms with van der Waals surface area (Å²) in [5, 5.41) is 2.47. The average molecular weight is 314 g/mol. The Hall–Kier alpha value is -1.54. The second-order valence-corrected chi connectivity index (χ2v) is 7.35. The van der Waals surface area contributed by atoms with Gasteiger partial charge in [0.2, 0.25) is 6.29 Å². The van der Waals surface area contributed by atoms with Crippen LogP contribution >= 0.6 is 0 Å². The van der Waals surface area contributed by atoms with E-state index in [1.54, 1.807) is 0 Å². The summed E-state index contributed by atoms with van der Waals surface area (Å²) in [7, 11) is 0. The Morgan fingerprint density at radius 1 is 0.957 bits per heavy atom. The maximum atomic E-state index is 6.10. The Labute approximate surface area is 140 Å². The van der Waals surface area contributed by atoms with Crippen LogP contribution in [0.5, 0.6) is 5.75 Å². The van der Waals surface area contributed by atoms with Crippen molar-refractivity contribution >= 4 is 10.8 Å². The number of hydrogen-bond donors (Lipinski definition) is 0. The van der Waals surface area contributed by atoms with Crippen molar-refractivity contribution in [3.63, 3.8) is 0 Å². The third-order valence-electron chi connectivity index (χ3n) is 4.29. The molecule has 0 aliphatic heterocycles. The number of hydrogen-bond acceptors (Lipinski definition) is 2. The van der Waals surface area contributed by atoms with Crippen LogP contribution in [0.25, 0.3) is 10.8 Å². The molecule has 2 rings (SSSR count). The molecule has 0 saturated heterocycles. The first-order valence-corrected chi connectivity index (χ1v) is 8.67. The Balaban J connectivity index is 2.26. The van der Waals surface area contributed by atoms with Crippen molar-refractivity contribution in [1.82, 2.24) is 0 Å². The monoisotopic (exact) mass is 314 g/mol. The first-order chi connectivity index (χ1) is 10.8. The van der Waals surface area contributed by atoms with Gasteiger partial charge < -0.3 is 9.47 Å². The highest BCUT2D eigenvalue weighted by Gasteiger charge is 2.27. The quantitative estimate of drug-likeness (QED) is 0.596. The van der Waals surface area contributed by atoms with Gasteiger partial charge in [0.25, 0.3) is 0 Å². The van der Waals surface area contributed by atoms with E-state index in [2.05, 4.69) is 65.0 Å². The summed E-state index contributed by atoms with van der Waals surface area (Å²) in [5.41, 5.74) is 1.33. The van der Waals surface area contributed by atoms with Crippen LogP contribution in [0.4, 0.5) is 0 Å². The van der Waals surface area contributed by atoms with Crippen LogP contribution in [0.15, 0.2) is 36.4 Å². The minimum absolute atomic E-state index is 0.0641. The van der Waals surface area contributed by atoms with Gasteiger partial charge in [-0.15, -0.1) is 0 Å². The third-order valence-corrected chi connectivity index (χ3v) is 4.29. The van der Waals surface area contributed by atoms with Crippen LogP contribution in [0, 0.1) is 5.41 Å². The van der Waals surface area contributed by atoms with Gasteiger partial charge >= 0.3 is 0 Å². The fraction of sp³-hybridized carbons (Fsp3) is 0.524. The second kappa shape index (κ2) is 7.35. The van der Waals surface area contributed by atoms with E-state index in [1.165, 1.54) is 16.3 Å². The molecule has 2 heteroatoms. The van der Waals surface area contributed by atoms with Gasteiger partial charge in [-0.05, 0) is 47.7 Å². The molecule has 0 aliphatic carbocycles. The molecule has 2 atom stereocenters. The van der Waals surface area contributed by atoms with E-state index in [4.69, 9.17) is 9.47 Å². The molecule has 0 N–H and O–H groups in total. The summed E-state index contributed by atoms with van der Waals surface area (Å²) in [5.74, 6) is 1.46. The van der Waals surface area contributed by atoms with Gasteiger partial charge in [-0.25, -0.2) is 0 Å². The van der Waals surface area contributed by atoms with Crippen molar-refractivity contribution in [2.45, 2.75) is 60.2 Å². The Bertz CT molecular complexity index is 640. The lowest BCUT2D eigenvalue weighted by atomic mass is 9.95. The van der Waals surface area contributed by atoms with Gasteiger partial charge in [0.15, 0.2) is 0 Å². The summed E-state index contributed by atoms with van der Waals surface area (Å²) in [6.07, 6.45) is 0.915.